The lowest BCUT2D eigenvalue weighted by atomic mass is 10.0. The molecule has 5 N–H and O–H groups in total. The van der Waals surface area contributed by atoms with E-state index in [0.29, 0.717) is 5.06 Å². The molecule has 0 spiro atoms. The standard InChI is InChI=1S/C13H17N7O8S/c14-10(22)11-15-3-4-18(11)6-9(21)16-17-12(23)8-2-1-7-5-19(8)13(24)20(7)28-29(25,26)27/h3-4,7-8H,1-2,5-6H2,(H2,14,22)(H,16,21)(H,17,23)(H,25,26,27)/t7-,8+/m1/s1. The van der Waals surface area contributed by atoms with Gasteiger partial charge in [0.05, 0.1) is 6.04 Å². The number of amides is 5. The molecule has 2 aliphatic heterocycles. The third kappa shape index (κ3) is 4.44. The van der Waals surface area contributed by atoms with Crippen LogP contribution in [0, 0.1) is 0 Å². The van der Waals surface area contributed by atoms with Crippen LogP contribution >= 0.6 is 0 Å². The molecule has 2 aliphatic rings. The number of fused-ring (bicyclic) bond motifs is 2. The zero-order chi connectivity index (χ0) is 21.3. The first-order chi connectivity index (χ1) is 13.6. The first-order valence-corrected chi connectivity index (χ1v) is 9.60. The number of urea groups is 1. The SMILES string of the molecule is NC(=O)c1nccn1CC(=O)NNC(=O)[C@@H]1CC[C@@H]2CN1C(=O)N2OS(=O)(=O)O. The van der Waals surface area contributed by atoms with Gasteiger partial charge in [-0.05, 0) is 12.8 Å². The first kappa shape index (κ1) is 20.5. The van der Waals surface area contributed by atoms with Gasteiger partial charge in [-0.1, -0.05) is 0 Å². The van der Waals surface area contributed by atoms with E-state index in [1.807, 2.05) is 0 Å². The molecule has 1 aromatic rings. The van der Waals surface area contributed by atoms with E-state index in [1.165, 1.54) is 17.0 Å². The fourth-order valence-electron chi connectivity index (χ4n) is 3.17. The number of primary amides is 1. The normalized spacial score (nSPS) is 21.2. The molecule has 158 valence electrons. The van der Waals surface area contributed by atoms with Crippen molar-refractivity contribution < 1.29 is 36.4 Å². The number of nitrogens with zero attached hydrogens (tertiary/aromatic N) is 4. The lowest BCUT2D eigenvalue weighted by Gasteiger charge is -2.29. The maximum atomic E-state index is 12.4. The average molecular weight is 431 g/mol. The van der Waals surface area contributed by atoms with Crippen molar-refractivity contribution in [3.63, 3.8) is 0 Å². The molecule has 5 amide bonds. The monoisotopic (exact) mass is 431 g/mol. The number of rotatable bonds is 6. The third-order valence-electron chi connectivity index (χ3n) is 4.37. The smallest absolute Gasteiger partial charge is 0.363 e. The molecular weight excluding hydrogens is 414 g/mol. The van der Waals surface area contributed by atoms with Crippen LogP contribution in [0.2, 0.25) is 0 Å². The van der Waals surface area contributed by atoms with E-state index in [0.717, 1.165) is 4.90 Å². The Morgan fingerprint density at radius 3 is 2.69 bits per heavy atom. The van der Waals surface area contributed by atoms with Crippen molar-refractivity contribution in [1.82, 2.24) is 30.4 Å². The maximum Gasteiger partial charge on any atom is 0.418 e. The molecule has 0 aliphatic carbocycles. The van der Waals surface area contributed by atoms with Crippen molar-refractivity contribution in [3.8, 4) is 0 Å². The number of carbonyl (C=O) groups excluding carboxylic acids is 4. The Kier molecular flexibility index (Phi) is 5.40. The Labute approximate surface area is 163 Å². The van der Waals surface area contributed by atoms with Crippen LogP contribution in [0.15, 0.2) is 12.4 Å². The third-order valence-corrected chi connectivity index (χ3v) is 4.72. The van der Waals surface area contributed by atoms with Crippen LogP contribution in [0.25, 0.3) is 0 Å². The summed E-state index contributed by atoms with van der Waals surface area (Å²) in [6.45, 7) is -0.332. The van der Waals surface area contributed by atoms with Crippen molar-refractivity contribution in [2.45, 2.75) is 31.5 Å². The lowest BCUT2D eigenvalue weighted by Crippen LogP contribution is -2.54. The van der Waals surface area contributed by atoms with Crippen molar-refractivity contribution in [1.29, 1.82) is 0 Å². The van der Waals surface area contributed by atoms with Gasteiger partial charge in [0.1, 0.15) is 12.6 Å². The molecule has 16 heteroatoms. The summed E-state index contributed by atoms with van der Waals surface area (Å²) in [7, 11) is -4.89. The highest BCUT2D eigenvalue weighted by Gasteiger charge is 2.49. The van der Waals surface area contributed by atoms with Gasteiger partial charge in [0.15, 0.2) is 5.82 Å². The number of hydrazine groups is 1. The summed E-state index contributed by atoms with van der Waals surface area (Å²) >= 11 is 0. The summed E-state index contributed by atoms with van der Waals surface area (Å²) in [5.41, 5.74) is 9.44. The molecule has 2 saturated heterocycles. The first-order valence-electron chi connectivity index (χ1n) is 8.23. The lowest BCUT2D eigenvalue weighted by molar-refractivity contribution is -0.132. The summed E-state index contributed by atoms with van der Waals surface area (Å²) in [5.74, 6) is -2.35. The van der Waals surface area contributed by atoms with Gasteiger partial charge in [-0.25, -0.2) is 9.78 Å². The summed E-state index contributed by atoms with van der Waals surface area (Å²) in [6.07, 6.45) is 3.05. The second-order valence-corrected chi connectivity index (χ2v) is 7.29. The predicted molar refractivity (Wildman–Crippen MR) is 90.4 cm³/mol. The fraction of sp³-hybridized carbons (Fsp3) is 0.462. The van der Waals surface area contributed by atoms with Gasteiger partial charge in [0.25, 0.3) is 17.7 Å². The van der Waals surface area contributed by atoms with Crippen LogP contribution in [0.3, 0.4) is 0 Å². The van der Waals surface area contributed by atoms with Crippen molar-refractivity contribution in [3.05, 3.63) is 18.2 Å². The molecule has 29 heavy (non-hydrogen) atoms. The van der Waals surface area contributed by atoms with E-state index in [1.54, 1.807) is 0 Å². The number of carbonyl (C=O) groups is 4. The minimum absolute atomic E-state index is 0.0113. The number of imidazole rings is 1. The van der Waals surface area contributed by atoms with Crippen LogP contribution in [0.4, 0.5) is 4.79 Å². The molecule has 0 saturated carbocycles. The minimum Gasteiger partial charge on any atom is -0.363 e. The second-order valence-electron chi connectivity index (χ2n) is 6.29. The summed E-state index contributed by atoms with van der Waals surface area (Å²) in [4.78, 5) is 52.6. The molecule has 0 radical (unpaired) electrons. The van der Waals surface area contributed by atoms with E-state index in [9.17, 15) is 27.6 Å². The van der Waals surface area contributed by atoms with E-state index in [4.69, 9.17) is 10.3 Å². The number of nitrogens with two attached hydrogens (primary N) is 1. The molecule has 0 unspecified atom stereocenters. The van der Waals surface area contributed by atoms with Gasteiger partial charge in [-0.3, -0.25) is 29.8 Å². The number of nitrogens with one attached hydrogen (secondary N) is 2. The molecule has 3 heterocycles. The Morgan fingerprint density at radius 1 is 1.31 bits per heavy atom. The highest BCUT2D eigenvalue weighted by molar-refractivity contribution is 7.80. The van der Waals surface area contributed by atoms with Gasteiger partial charge in [0, 0.05) is 18.9 Å². The zero-order valence-electron chi connectivity index (χ0n) is 14.7. The van der Waals surface area contributed by atoms with Crippen molar-refractivity contribution in [2.75, 3.05) is 6.54 Å². The van der Waals surface area contributed by atoms with Crippen LogP contribution < -0.4 is 16.6 Å². The molecule has 1 aromatic heterocycles. The highest BCUT2D eigenvalue weighted by Crippen LogP contribution is 2.30. The van der Waals surface area contributed by atoms with Crippen molar-refractivity contribution >= 4 is 34.2 Å². The number of hydrogen-bond acceptors (Lipinski definition) is 8. The van der Waals surface area contributed by atoms with E-state index < -0.39 is 46.2 Å². The second kappa shape index (κ2) is 7.64. The zero-order valence-corrected chi connectivity index (χ0v) is 15.5. The molecule has 2 bridgehead atoms. The molecule has 2 fully saturated rings. The van der Waals surface area contributed by atoms with Crippen LogP contribution in [-0.4, -0.2) is 74.9 Å². The fourth-order valence-corrected chi connectivity index (χ4v) is 3.56. The number of aromatic nitrogens is 2. The summed E-state index contributed by atoms with van der Waals surface area (Å²) in [5, 5.41) is 0.506. The topological polar surface area (TPSA) is 206 Å². The average Bonchev–Trinajstić information content (AvgIpc) is 3.18. The Balaban J connectivity index is 1.56. The van der Waals surface area contributed by atoms with E-state index >= 15 is 0 Å². The highest BCUT2D eigenvalue weighted by atomic mass is 32.3. The molecule has 0 aromatic carbocycles. The maximum absolute atomic E-state index is 12.4. The van der Waals surface area contributed by atoms with Crippen LogP contribution in [0.1, 0.15) is 23.5 Å². The number of hydrogen-bond donors (Lipinski definition) is 4. The van der Waals surface area contributed by atoms with Crippen LogP contribution in [-0.2, 0) is 30.8 Å². The molecule has 3 rings (SSSR count). The van der Waals surface area contributed by atoms with Gasteiger partial charge < -0.3 is 15.2 Å². The van der Waals surface area contributed by atoms with Gasteiger partial charge in [0.2, 0.25) is 0 Å². The molecule has 2 atom stereocenters. The van der Waals surface area contributed by atoms with Gasteiger partial charge in [-0.2, -0.15) is 13.5 Å². The molecular formula is C13H17N7O8S. The molecule has 15 nitrogen and oxygen atoms in total. The van der Waals surface area contributed by atoms with Gasteiger partial charge >= 0.3 is 16.4 Å². The Morgan fingerprint density at radius 2 is 2.03 bits per heavy atom. The number of hydroxylamine groups is 2. The largest absolute Gasteiger partial charge is 0.418 e. The van der Waals surface area contributed by atoms with Crippen molar-refractivity contribution in [2.24, 2.45) is 5.73 Å². The Hall–Kier alpha value is -3.24. The van der Waals surface area contributed by atoms with E-state index in [2.05, 4.69) is 20.1 Å². The van der Waals surface area contributed by atoms with Crippen LogP contribution in [0.5, 0.6) is 0 Å². The predicted octanol–water partition coefficient (Wildman–Crippen LogP) is -2.87. The summed E-state index contributed by atoms with van der Waals surface area (Å²) in [6, 6.07) is -2.53. The Bertz CT molecular complexity index is 960. The quantitative estimate of drug-likeness (QED) is 0.269. The summed E-state index contributed by atoms with van der Waals surface area (Å²) < 4.78 is 36.0. The van der Waals surface area contributed by atoms with E-state index in [-0.39, 0.29) is 31.8 Å². The number of piperidine rings is 1. The van der Waals surface area contributed by atoms with Gasteiger partial charge in [-0.15, -0.1) is 4.28 Å². The minimum atomic E-state index is -4.89.